The number of aliphatic hydroxyl groups excluding tert-OH is 1. The lowest BCUT2D eigenvalue weighted by Crippen LogP contribution is -2.38. The number of amides is 1. The number of hydrogen-bond donors (Lipinski definition) is 1. The van der Waals surface area contributed by atoms with Crippen LogP contribution in [0.1, 0.15) is 30.6 Å². The molecule has 0 aliphatic rings. The SMILES string of the molecule is CCOC(=O)CCN(CC(C)O)C(=O)c1cccc(Cl)c1. The molecule has 21 heavy (non-hydrogen) atoms. The zero-order valence-electron chi connectivity index (χ0n) is 12.2. The molecule has 0 saturated heterocycles. The molecule has 1 atom stereocenters. The van der Waals surface area contributed by atoms with E-state index in [1.807, 2.05) is 0 Å². The maximum Gasteiger partial charge on any atom is 0.307 e. The molecule has 116 valence electrons. The largest absolute Gasteiger partial charge is 0.466 e. The van der Waals surface area contributed by atoms with Gasteiger partial charge in [-0.05, 0) is 32.0 Å². The van der Waals surface area contributed by atoms with Crippen LogP contribution in [0.25, 0.3) is 0 Å². The number of benzene rings is 1. The molecule has 0 aliphatic heterocycles. The van der Waals surface area contributed by atoms with E-state index in [0.717, 1.165) is 0 Å². The van der Waals surface area contributed by atoms with Crippen molar-refractivity contribution in [3.05, 3.63) is 34.9 Å². The maximum absolute atomic E-state index is 12.4. The minimum atomic E-state index is -0.685. The third-order valence-electron chi connectivity index (χ3n) is 2.73. The third-order valence-corrected chi connectivity index (χ3v) is 2.97. The van der Waals surface area contributed by atoms with Crippen LogP contribution in [0.3, 0.4) is 0 Å². The predicted octanol–water partition coefficient (Wildman–Crippen LogP) is 2.12. The minimum Gasteiger partial charge on any atom is -0.466 e. The summed E-state index contributed by atoms with van der Waals surface area (Å²) in [5.41, 5.74) is 0.423. The zero-order valence-corrected chi connectivity index (χ0v) is 13.0. The van der Waals surface area contributed by atoms with Crippen molar-refractivity contribution in [2.75, 3.05) is 19.7 Å². The molecule has 0 aliphatic carbocycles. The molecule has 6 heteroatoms. The van der Waals surface area contributed by atoms with Gasteiger partial charge < -0.3 is 14.7 Å². The first-order chi connectivity index (χ1) is 9.93. The summed E-state index contributed by atoms with van der Waals surface area (Å²) in [6, 6.07) is 6.56. The molecule has 1 unspecified atom stereocenters. The van der Waals surface area contributed by atoms with Crippen molar-refractivity contribution in [2.24, 2.45) is 0 Å². The molecule has 0 saturated carbocycles. The normalized spacial score (nSPS) is 11.8. The number of carbonyl (C=O) groups excluding carboxylic acids is 2. The van der Waals surface area contributed by atoms with Crippen molar-refractivity contribution >= 4 is 23.5 Å². The van der Waals surface area contributed by atoms with E-state index in [2.05, 4.69) is 0 Å². The van der Waals surface area contributed by atoms with Crippen LogP contribution < -0.4 is 0 Å². The number of aliphatic hydroxyl groups is 1. The van der Waals surface area contributed by atoms with Gasteiger partial charge in [0.2, 0.25) is 0 Å². The molecular formula is C15H20ClNO4. The van der Waals surface area contributed by atoms with Crippen molar-refractivity contribution in [3.63, 3.8) is 0 Å². The van der Waals surface area contributed by atoms with E-state index in [1.165, 1.54) is 4.90 Å². The van der Waals surface area contributed by atoms with Crippen LogP contribution in [0.2, 0.25) is 5.02 Å². The Labute approximate surface area is 129 Å². The predicted molar refractivity (Wildman–Crippen MR) is 80.3 cm³/mol. The van der Waals surface area contributed by atoms with Gasteiger partial charge in [0.15, 0.2) is 0 Å². The van der Waals surface area contributed by atoms with Gasteiger partial charge in [-0.15, -0.1) is 0 Å². The standard InChI is InChI=1S/C15H20ClNO4/c1-3-21-14(19)7-8-17(10-11(2)18)15(20)12-5-4-6-13(16)9-12/h4-6,9,11,18H,3,7-8,10H2,1-2H3. The summed E-state index contributed by atoms with van der Waals surface area (Å²) < 4.78 is 4.84. The average molecular weight is 314 g/mol. The summed E-state index contributed by atoms with van der Waals surface area (Å²) in [6.07, 6.45) is -0.595. The van der Waals surface area contributed by atoms with E-state index in [4.69, 9.17) is 16.3 Å². The lowest BCUT2D eigenvalue weighted by molar-refractivity contribution is -0.143. The van der Waals surface area contributed by atoms with Gasteiger partial charge in [0.25, 0.3) is 5.91 Å². The number of ether oxygens (including phenoxy) is 1. The van der Waals surface area contributed by atoms with Gasteiger partial charge in [0.1, 0.15) is 0 Å². The molecule has 0 radical (unpaired) electrons. The highest BCUT2D eigenvalue weighted by Gasteiger charge is 2.19. The fourth-order valence-corrected chi connectivity index (χ4v) is 2.05. The van der Waals surface area contributed by atoms with Crippen LogP contribution in [0, 0.1) is 0 Å². The van der Waals surface area contributed by atoms with Crippen molar-refractivity contribution in [3.8, 4) is 0 Å². The quantitative estimate of drug-likeness (QED) is 0.783. The second kappa shape index (κ2) is 8.64. The van der Waals surface area contributed by atoms with Crippen molar-refractivity contribution in [1.29, 1.82) is 0 Å². The molecule has 0 fully saturated rings. The van der Waals surface area contributed by atoms with Gasteiger partial charge in [-0.1, -0.05) is 17.7 Å². The van der Waals surface area contributed by atoms with E-state index in [-0.39, 0.29) is 31.4 Å². The Morgan fingerprint density at radius 1 is 1.43 bits per heavy atom. The van der Waals surface area contributed by atoms with Crippen LogP contribution in [0.15, 0.2) is 24.3 Å². The molecule has 1 rings (SSSR count). The zero-order chi connectivity index (χ0) is 15.8. The van der Waals surface area contributed by atoms with Crippen molar-refractivity contribution in [2.45, 2.75) is 26.4 Å². The molecule has 0 aromatic heterocycles. The lowest BCUT2D eigenvalue weighted by Gasteiger charge is -2.24. The fraction of sp³-hybridized carbons (Fsp3) is 0.467. The van der Waals surface area contributed by atoms with Gasteiger partial charge in [-0.2, -0.15) is 0 Å². The van der Waals surface area contributed by atoms with E-state index in [9.17, 15) is 14.7 Å². The van der Waals surface area contributed by atoms with Crippen LogP contribution >= 0.6 is 11.6 Å². The molecule has 1 aromatic rings. The lowest BCUT2D eigenvalue weighted by atomic mass is 10.2. The molecule has 5 nitrogen and oxygen atoms in total. The number of hydrogen-bond acceptors (Lipinski definition) is 4. The summed E-state index contributed by atoms with van der Waals surface area (Å²) in [7, 11) is 0. The second-order valence-corrected chi connectivity index (χ2v) is 5.10. The van der Waals surface area contributed by atoms with Gasteiger partial charge in [-0.3, -0.25) is 9.59 Å². The van der Waals surface area contributed by atoms with Crippen LogP contribution in [-0.4, -0.2) is 47.7 Å². The molecular weight excluding hydrogens is 294 g/mol. The summed E-state index contributed by atoms with van der Waals surface area (Å²) in [4.78, 5) is 25.2. The topological polar surface area (TPSA) is 66.8 Å². The van der Waals surface area contributed by atoms with Crippen molar-refractivity contribution < 1.29 is 19.4 Å². The first-order valence-electron chi connectivity index (χ1n) is 6.82. The molecule has 1 aromatic carbocycles. The first kappa shape index (κ1) is 17.5. The number of rotatable bonds is 7. The van der Waals surface area contributed by atoms with Gasteiger partial charge in [-0.25, -0.2) is 0 Å². The first-order valence-corrected chi connectivity index (χ1v) is 7.20. The molecule has 0 bridgehead atoms. The average Bonchev–Trinajstić information content (AvgIpc) is 2.42. The Kier molecular flexibility index (Phi) is 7.19. The fourth-order valence-electron chi connectivity index (χ4n) is 1.86. The number of carbonyl (C=O) groups is 2. The van der Waals surface area contributed by atoms with Crippen LogP contribution in [-0.2, 0) is 9.53 Å². The van der Waals surface area contributed by atoms with E-state index in [0.29, 0.717) is 17.2 Å². The van der Waals surface area contributed by atoms with E-state index < -0.39 is 6.10 Å². The third kappa shape index (κ3) is 6.14. The molecule has 0 spiro atoms. The second-order valence-electron chi connectivity index (χ2n) is 4.67. The Morgan fingerprint density at radius 3 is 2.71 bits per heavy atom. The number of halogens is 1. The molecule has 1 N–H and O–H groups in total. The highest BCUT2D eigenvalue weighted by atomic mass is 35.5. The Hall–Kier alpha value is -1.59. The number of nitrogens with zero attached hydrogens (tertiary/aromatic N) is 1. The smallest absolute Gasteiger partial charge is 0.307 e. The van der Waals surface area contributed by atoms with Crippen molar-refractivity contribution in [1.82, 2.24) is 4.90 Å². The van der Waals surface area contributed by atoms with Crippen LogP contribution in [0.5, 0.6) is 0 Å². The summed E-state index contributed by atoms with van der Waals surface area (Å²) in [5.74, 6) is -0.644. The van der Waals surface area contributed by atoms with Gasteiger partial charge >= 0.3 is 5.97 Å². The van der Waals surface area contributed by atoms with Gasteiger partial charge in [0, 0.05) is 23.7 Å². The maximum atomic E-state index is 12.4. The molecule has 0 heterocycles. The molecule has 1 amide bonds. The monoisotopic (exact) mass is 313 g/mol. The van der Waals surface area contributed by atoms with E-state index >= 15 is 0 Å². The van der Waals surface area contributed by atoms with E-state index in [1.54, 1.807) is 38.1 Å². The highest BCUT2D eigenvalue weighted by molar-refractivity contribution is 6.30. The Balaban J connectivity index is 2.76. The highest BCUT2D eigenvalue weighted by Crippen LogP contribution is 2.13. The number of esters is 1. The Morgan fingerprint density at radius 2 is 2.14 bits per heavy atom. The minimum absolute atomic E-state index is 0.0901. The Bertz CT molecular complexity index is 490. The van der Waals surface area contributed by atoms with Gasteiger partial charge in [0.05, 0.1) is 19.1 Å². The summed E-state index contributed by atoms with van der Waals surface area (Å²) in [5, 5.41) is 9.97. The summed E-state index contributed by atoms with van der Waals surface area (Å²) in [6.45, 7) is 3.95. The summed E-state index contributed by atoms with van der Waals surface area (Å²) >= 11 is 5.87. The van der Waals surface area contributed by atoms with Crippen LogP contribution in [0.4, 0.5) is 0 Å².